The summed E-state index contributed by atoms with van der Waals surface area (Å²) in [5.41, 5.74) is -0.0884. The van der Waals surface area contributed by atoms with Gasteiger partial charge in [-0.3, -0.25) is 23.9 Å². The van der Waals surface area contributed by atoms with Gasteiger partial charge in [0.25, 0.3) is 5.91 Å². The summed E-state index contributed by atoms with van der Waals surface area (Å²) in [5, 5.41) is 3.00. The number of allylic oxidation sites excluding steroid dienone is 1. The van der Waals surface area contributed by atoms with E-state index in [0.717, 1.165) is 18.4 Å². The average molecular weight is 801 g/mol. The SMILES string of the molecule is COc1ccc2c(O[C@@H]3C[C@H]4C(=O)NC5(C(=O)NS(=O)(=O)C6CC6)C[C@H]5/C=C\CCCCC[C@H](CC(=O)OC(C)(C)C)C(=O)N4C3)cc(-c3ccccc3)nc2c1. The molecule has 3 aromatic rings. The summed E-state index contributed by atoms with van der Waals surface area (Å²) in [4.78, 5) is 62.6. The molecule has 3 amide bonds. The zero-order valence-electron chi connectivity index (χ0n) is 33.0. The highest BCUT2D eigenvalue weighted by molar-refractivity contribution is 7.91. The van der Waals surface area contributed by atoms with Crippen molar-refractivity contribution in [1.29, 1.82) is 0 Å². The molecule has 2 aromatic carbocycles. The normalized spacial score (nSPS) is 26.2. The maximum atomic E-state index is 14.7. The number of carbonyl (C=O) groups excluding carboxylic acids is 4. The lowest BCUT2D eigenvalue weighted by atomic mass is 9.95. The second kappa shape index (κ2) is 16.1. The van der Waals surface area contributed by atoms with Crippen LogP contribution in [0.2, 0.25) is 0 Å². The number of carbonyl (C=O) groups is 4. The van der Waals surface area contributed by atoms with E-state index in [0.29, 0.717) is 60.2 Å². The van der Waals surface area contributed by atoms with E-state index in [-0.39, 0.29) is 31.7 Å². The van der Waals surface area contributed by atoms with Gasteiger partial charge in [0, 0.05) is 41.3 Å². The van der Waals surface area contributed by atoms with Crippen LogP contribution in [-0.4, -0.2) is 84.2 Å². The van der Waals surface area contributed by atoms with Crippen LogP contribution in [0.25, 0.3) is 22.2 Å². The lowest BCUT2D eigenvalue weighted by Crippen LogP contribution is -2.57. The number of amides is 3. The molecule has 3 heterocycles. The van der Waals surface area contributed by atoms with E-state index in [4.69, 9.17) is 19.2 Å². The third-order valence-corrected chi connectivity index (χ3v) is 12.9. The molecule has 2 aliphatic heterocycles. The van der Waals surface area contributed by atoms with Crippen molar-refractivity contribution in [3.63, 3.8) is 0 Å². The van der Waals surface area contributed by atoms with Gasteiger partial charge in [-0.05, 0) is 71.4 Å². The molecule has 0 spiro atoms. The van der Waals surface area contributed by atoms with Crippen LogP contribution < -0.4 is 19.5 Å². The summed E-state index contributed by atoms with van der Waals surface area (Å²) in [6.45, 7) is 5.35. The Kier molecular flexibility index (Phi) is 11.4. The Morgan fingerprint density at radius 2 is 1.79 bits per heavy atom. The number of sulfonamides is 1. The molecule has 0 bridgehead atoms. The molecular weight excluding hydrogens is 749 g/mol. The van der Waals surface area contributed by atoms with Gasteiger partial charge in [0.2, 0.25) is 21.8 Å². The van der Waals surface area contributed by atoms with Crippen molar-refractivity contribution >= 4 is 44.6 Å². The lowest BCUT2D eigenvalue weighted by Gasteiger charge is -2.30. The van der Waals surface area contributed by atoms with Crippen LogP contribution in [0.5, 0.6) is 11.5 Å². The second-order valence-corrected chi connectivity index (χ2v) is 18.7. The van der Waals surface area contributed by atoms with Crippen molar-refractivity contribution in [3.05, 3.63) is 66.7 Å². The van der Waals surface area contributed by atoms with Gasteiger partial charge in [-0.2, -0.15) is 0 Å². The topological polar surface area (TPSA) is 170 Å². The van der Waals surface area contributed by atoms with Crippen molar-refractivity contribution in [2.75, 3.05) is 13.7 Å². The smallest absolute Gasteiger partial charge is 0.307 e. The van der Waals surface area contributed by atoms with Gasteiger partial charge in [-0.15, -0.1) is 0 Å². The number of methoxy groups -OCH3 is 1. The first-order valence-corrected chi connectivity index (χ1v) is 21.5. The molecule has 5 atom stereocenters. The number of nitrogens with one attached hydrogen (secondary N) is 2. The maximum Gasteiger partial charge on any atom is 0.307 e. The molecule has 2 saturated carbocycles. The van der Waals surface area contributed by atoms with E-state index in [9.17, 15) is 27.6 Å². The van der Waals surface area contributed by atoms with Crippen molar-refractivity contribution in [1.82, 2.24) is 19.9 Å². The van der Waals surface area contributed by atoms with Crippen molar-refractivity contribution in [3.8, 4) is 22.8 Å². The van der Waals surface area contributed by atoms with Crippen molar-refractivity contribution in [2.24, 2.45) is 11.8 Å². The minimum Gasteiger partial charge on any atom is -0.497 e. The lowest BCUT2D eigenvalue weighted by molar-refractivity contribution is -0.159. The Morgan fingerprint density at radius 3 is 2.51 bits per heavy atom. The molecule has 0 radical (unpaired) electrons. The number of rotatable bonds is 9. The second-order valence-electron chi connectivity index (χ2n) is 16.7. The predicted molar refractivity (Wildman–Crippen MR) is 214 cm³/mol. The number of hydrogen-bond donors (Lipinski definition) is 2. The zero-order chi connectivity index (χ0) is 40.5. The third-order valence-electron chi connectivity index (χ3n) is 11.1. The maximum absolute atomic E-state index is 14.7. The predicted octanol–water partition coefficient (Wildman–Crippen LogP) is 5.61. The van der Waals surface area contributed by atoms with Gasteiger partial charge in [0.05, 0.1) is 36.5 Å². The van der Waals surface area contributed by atoms with Gasteiger partial charge >= 0.3 is 5.97 Å². The minimum atomic E-state index is -3.89. The van der Waals surface area contributed by atoms with E-state index in [1.807, 2.05) is 66.7 Å². The van der Waals surface area contributed by atoms with E-state index < -0.39 is 68.2 Å². The molecule has 1 aromatic heterocycles. The summed E-state index contributed by atoms with van der Waals surface area (Å²) in [7, 11) is -2.31. The highest BCUT2D eigenvalue weighted by Gasteiger charge is 2.62. The average Bonchev–Trinajstić information content (AvgIpc) is 4.09. The molecule has 1 unspecified atom stereocenters. The first-order valence-electron chi connectivity index (χ1n) is 19.9. The van der Waals surface area contributed by atoms with E-state index >= 15 is 0 Å². The molecule has 57 heavy (non-hydrogen) atoms. The fraction of sp³-hybridized carbons (Fsp3) is 0.512. The molecule has 13 nitrogen and oxygen atoms in total. The Balaban J connectivity index is 1.23. The number of aromatic nitrogens is 1. The largest absolute Gasteiger partial charge is 0.497 e. The number of nitrogens with zero attached hydrogens (tertiary/aromatic N) is 2. The Hall–Kier alpha value is -4.98. The monoisotopic (exact) mass is 800 g/mol. The van der Waals surface area contributed by atoms with Gasteiger partial charge in [-0.25, -0.2) is 13.4 Å². The van der Waals surface area contributed by atoms with Crippen LogP contribution >= 0.6 is 0 Å². The van der Waals surface area contributed by atoms with E-state index in [1.165, 1.54) is 4.90 Å². The standard InChI is InChI=1S/C43H52N4O9S/c1-42(2,3)56-38(48)21-28-15-9-6-5-7-12-16-29-25-43(29,41(51)46-57(52,53)32-18-19-32)45-39(49)36-23-31(26-47(36)40(28)50)55-37-24-34(27-13-10-8-11-14-27)44-35-22-30(54-4)17-20-33(35)37/h8,10-14,16-17,20,22,24,28-29,31-32,36H,5-7,9,15,18-19,21,23,25-26H2,1-4H3,(H,45,49)(H,46,51)/b16-12-/t28-,29-,31-,36+,43?/m1/s1. The Labute approximate surface area is 334 Å². The van der Waals surface area contributed by atoms with E-state index in [2.05, 4.69) is 10.0 Å². The summed E-state index contributed by atoms with van der Waals surface area (Å²) >= 11 is 0. The molecular formula is C43H52N4O9S. The van der Waals surface area contributed by atoms with Crippen LogP contribution in [-0.2, 0) is 33.9 Å². The molecule has 2 aliphatic carbocycles. The van der Waals surface area contributed by atoms with Crippen molar-refractivity contribution in [2.45, 2.75) is 114 Å². The highest BCUT2D eigenvalue weighted by atomic mass is 32.2. The molecule has 4 aliphatic rings. The van der Waals surface area contributed by atoms with Crippen LogP contribution in [0.1, 0.15) is 85.0 Å². The number of esters is 1. The third kappa shape index (κ3) is 9.27. The van der Waals surface area contributed by atoms with E-state index in [1.54, 1.807) is 27.9 Å². The molecule has 2 N–H and O–H groups in total. The van der Waals surface area contributed by atoms with Gasteiger partial charge in [-0.1, -0.05) is 55.3 Å². The van der Waals surface area contributed by atoms with Crippen molar-refractivity contribution < 1.29 is 41.8 Å². The number of pyridine rings is 1. The summed E-state index contributed by atoms with van der Waals surface area (Å²) in [6.07, 6.45) is 7.70. The van der Waals surface area contributed by atoms with Crippen LogP contribution in [0.3, 0.4) is 0 Å². The summed E-state index contributed by atoms with van der Waals surface area (Å²) < 4.78 is 45.9. The first-order chi connectivity index (χ1) is 27.2. The van der Waals surface area contributed by atoms with Gasteiger partial charge < -0.3 is 24.4 Å². The van der Waals surface area contributed by atoms with Gasteiger partial charge in [0.15, 0.2) is 0 Å². The summed E-state index contributed by atoms with van der Waals surface area (Å²) in [6, 6.07) is 15.9. The molecule has 3 fully saturated rings. The molecule has 304 valence electrons. The van der Waals surface area contributed by atoms with Crippen LogP contribution in [0.4, 0.5) is 0 Å². The molecule has 7 rings (SSSR count). The Morgan fingerprint density at radius 1 is 1.02 bits per heavy atom. The minimum absolute atomic E-state index is 0.0287. The zero-order valence-corrected chi connectivity index (χ0v) is 33.8. The van der Waals surface area contributed by atoms with Crippen LogP contribution in [0.15, 0.2) is 66.7 Å². The molecule has 14 heteroatoms. The van der Waals surface area contributed by atoms with Crippen LogP contribution in [0, 0.1) is 11.8 Å². The van der Waals surface area contributed by atoms with Gasteiger partial charge in [0.1, 0.15) is 34.8 Å². The number of ether oxygens (including phenoxy) is 3. The fourth-order valence-corrected chi connectivity index (χ4v) is 9.26. The molecule has 1 saturated heterocycles. The quantitative estimate of drug-likeness (QED) is 0.205. The number of benzene rings is 2. The fourth-order valence-electron chi connectivity index (χ4n) is 7.90. The first kappa shape index (κ1) is 40.2. The summed E-state index contributed by atoms with van der Waals surface area (Å²) in [5.74, 6) is -2.32. The highest BCUT2D eigenvalue weighted by Crippen LogP contribution is 2.46. The number of fused-ring (bicyclic) bond motifs is 3. The number of hydrogen-bond acceptors (Lipinski definition) is 10. The Bertz CT molecular complexity index is 2170.